The summed E-state index contributed by atoms with van der Waals surface area (Å²) in [6.45, 7) is 3.99. The van der Waals surface area contributed by atoms with Crippen LogP contribution in [0.2, 0.25) is 0 Å². The molecular weight excluding hydrogens is 284 g/mol. The summed E-state index contributed by atoms with van der Waals surface area (Å²) in [6, 6.07) is 2.69. The number of rotatable bonds is 4. The monoisotopic (exact) mass is 298 g/mol. The highest BCUT2D eigenvalue weighted by Crippen LogP contribution is 2.24. The second-order valence-electron chi connectivity index (χ2n) is 4.25. The molecule has 0 aromatic carbocycles. The maximum Gasteiger partial charge on any atom is 0.263 e. The van der Waals surface area contributed by atoms with Crippen molar-refractivity contribution in [2.75, 3.05) is 10.5 Å². The van der Waals surface area contributed by atoms with Gasteiger partial charge in [-0.3, -0.25) is 4.72 Å². The Labute approximate surface area is 115 Å². The van der Waals surface area contributed by atoms with Gasteiger partial charge in [0.15, 0.2) is 5.13 Å². The van der Waals surface area contributed by atoms with Gasteiger partial charge in [-0.05, 0) is 12.0 Å². The molecule has 102 valence electrons. The minimum atomic E-state index is -3.67. The number of hydrogen-bond donors (Lipinski definition) is 2. The maximum absolute atomic E-state index is 12.1. The second-order valence-corrected chi connectivity index (χ2v) is 6.79. The van der Waals surface area contributed by atoms with Crippen molar-refractivity contribution in [1.82, 2.24) is 9.97 Å². The molecule has 2 rings (SSSR count). The Kier molecular flexibility index (Phi) is 3.72. The largest absolute Gasteiger partial charge is 0.384 e. The zero-order chi connectivity index (χ0) is 14.0. The number of nitrogens with two attached hydrogens (primary N) is 1. The molecule has 2 aromatic rings. The second kappa shape index (κ2) is 5.14. The van der Waals surface area contributed by atoms with Crippen molar-refractivity contribution in [2.24, 2.45) is 0 Å². The first-order valence-corrected chi connectivity index (χ1v) is 7.94. The Morgan fingerprint density at radius 3 is 2.74 bits per heavy atom. The van der Waals surface area contributed by atoms with Crippen molar-refractivity contribution < 1.29 is 8.42 Å². The molecule has 0 fully saturated rings. The molecular formula is C11H14N4O2S2. The molecule has 3 N–H and O–H groups in total. The van der Waals surface area contributed by atoms with Crippen LogP contribution in [0.15, 0.2) is 28.6 Å². The Hall–Kier alpha value is -1.67. The molecule has 0 saturated heterocycles. The number of pyridine rings is 1. The number of sulfonamides is 1. The van der Waals surface area contributed by atoms with Gasteiger partial charge < -0.3 is 5.73 Å². The molecule has 0 aliphatic rings. The molecule has 2 heterocycles. The van der Waals surface area contributed by atoms with E-state index in [-0.39, 0.29) is 16.6 Å². The Morgan fingerprint density at radius 1 is 1.42 bits per heavy atom. The molecule has 0 atom stereocenters. The van der Waals surface area contributed by atoms with Crippen LogP contribution in [0.3, 0.4) is 0 Å². The fourth-order valence-corrected chi connectivity index (χ4v) is 3.51. The SMILES string of the molecule is CC(C)c1csc(NS(=O)(=O)c2ccnc(N)c2)n1. The molecule has 0 aliphatic carbocycles. The van der Waals surface area contributed by atoms with Gasteiger partial charge in [0, 0.05) is 17.6 Å². The van der Waals surface area contributed by atoms with Crippen LogP contribution in [-0.4, -0.2) is 18.4 Å². The Morgan fingerprint density at radius 2 is 2.16 bits per heavy atom. The number of nitrogens with one attached hydrogen (secondary N) is 1. The molecule has 0 radical (unpaired) electrons. The van der Waals surface area contributed by atoms with E-state index in [9.17, 15) is 8.42 Å². The van der Waals surface area contributed by atoms with Crippen molar-refractivity contribution in [2.45, 2.75) is 24.7 Å². The van der Waals surface area contributed by atoms with E-state index in [4.69, 9.17) is 5.73 Å². The highest BCUT2D eigenvalue weighted by molar-refractivity contribution is 7.93. The molecule has 2 aromatic heterocycles. The molecule has 0 unspecified atom stereocenters. The summed E-state index contributed by atoms with van der Waals surface area (Å²) in [7, 11) is -3.67. The van der Waals surface area contributed by atoms with Crippen LogP contribution in [0.5, 0.6) is 0 Å². The third-order valence-corrected chi connectivity index (χ3v) is 4.64. The van der Waals surface area contributed by atoms with Crippen LogP contribution in [-0.2, 0) is 10.0 Å². The van der Waals surface area contributed by atoms with Gasteiger partial charge in [0.1, 0.15) is 5.82 Å². The number of nitrogens with zero attached hydrogens (tertiary/aromatic N) is 2. The van der Waals surface area contributed by atoms with E-state index >= 15 is 0 Å². The topological polar surface area (TPSA) is 98.0 Å². The fraction of sp³-hybridized carbons (Fsp3) is 0.273. The van der Waals surface area contributed by atoms with Crippen LogP contribution < -0.4 is 10.5 Å². The first-order valence-electron chi connectivity index (χ1n) is 5.58. The van der Waals surface area contributed by atoms with E-state index in [0.29, 0.717) is 5.13 Å². The van der Waals surface area contributed by atoms with E-state index < -0.39 is 10.0 Å². The summed E-state index contributed by atoms with van der Waals surface area (Å²) < 4.78 is 26.6. The summed E-state index contributed by atoms with van der Waals surface area (Å²) in [5.41, 5.74) is 6.33. The average Bonchev–Trinajstić information content (AvgIpc) is 2.77. The smallest absolute Gasteiger partial charge is 0.263 e. The fourth-order valence-electron chi connectivity index (χ4n) is 1.37. The summed E-state index contributed by atoms with van der Waals surface area (Å²) in [6.07, 6.45) is 1.35. The van der Waals surface area contributed by atoms with Crippen molar-refractivity contribution in [3.63, 3.8) is 0 Å². The number of aromatic nitrogens is 2. The van der Waals surface area contributed by atoms with Crippen molar-refractivity contribution in [1.29, 1.82) is 0 Å². The minimum Gasteiger partial charge on any atom is -0.384 e. The zero-order valence-corrected chi connectivity index (χ0v) is 12.1. The quantitative estimate of drug-likeness (QED) is 0.900. The predicted molar refractivity (Wildman–Crippen MR) is 75.7 cm³/mol. The molecule has 6 nitrogen and oxygen atoms in total. The van der Waals surface area contributed by atoms with Gasteiger partial charge in [-0.1, -0.05) is 13.8 Å². The minimum absolute atomic E-state index is 0.0706. The number of hydrogen-bond acceptors (Lipinski definition) is 6. The third-order valence-electron chi connectivity index (χ3n) is 2.40. The van der Waals surface area contributed by atoms with Gasteiger partial charge >= 0.3 is 0 Å². The van der Waals surface area contributed by atoms with Gasteiger partial charge in [-0.2, -0.15) is 0 Å². The first-order chi connectivity index (χ1) is 8.88. The summed E-state index contributed by atoms with van der Waals surface area (Å²) in [5.74, 6) is 0.413. The van der Waals surface area contributed by atoms with Gasteiger partial charge in [0.05, 0.1) is 10.6 Å². The van der Waals surface area contributed by atoms with E-state index in [1.54, 1.807) is 0 Å². The van der Waals surface area contributed by atoms with E-state index in [0.717, 1.165) is 5.69 Å². The van der Waals surface area contributed by atoms with Gasteiger partial charge in [-0.15, -0.1) is 11.3 Å². The molecule has 0 spiro atoms. The van der Waals surface area contributed by atoms with Crippen LogP contribution >= 0.6 is 11.3 Å². The molecule has 8 heteroatoms. The normalized spacial score (nSPS) is 11.7. The lowest BCUT2D eigenvalue weighted by molar-refractivity contribution is 0.601. The number of anilines is 2. The zero-order valence-electron chi connectivity index (χ0n) is 10.5. The van der Waals surface area contributed by atoms with Gasteiger partial charge in [-0.25, -0.2) is 18.4 Å². The summed E-state index contributed by atoms with van der Waals surface area (Å²) in [4.78, 5) is 8.06. The Balaban J connectivity index is 2.26. The van der Waals surface area contributed by atoms with Gasteiger partial charge in [0.2, 0.25) is 0 Å². The number of thiazole rings is 1. The highest BCUT2D eigenvalue weighted by atomic mass is 32.2. The third kappa shape index (κ3) is 3.21. The van der Waals surface area contributed by atoms with Crippen molar-refractivity contribution in [3.8, 4) is 0 Å². The molecule has 0 amide bonds. The molecule has 0 aliphatic heterocycles. The molecule has 0 saturated carbocycles. The lowest BCUT2D eigenvalue weighted by atomic mass is 10.2. The van der Waals surface area contributed by atoms with Crippen LogP contribution in [0.4, 0.5) is 10.9 Å². The van der Waals surface area contributed by atoms with Crippen LogP contribution in [0.1, 0.15) is 25.5 Å². The van der Waals surface area contributed by atoms with E-state index in [1.165, 1.54) is 29.7 Å². The average molecular weight is 298 g/mol. The molecule has 19 heavy (non-hydrogen) atoms. The van der Waals surface area contributed by atoms with E-state index in [2.05, 4.69) is 14.7 Å². The lowest BCUT2D eigenvalue weighted by Gasteiger charge is -2.05. The van der Waals surface area contributed by atoms with Crippen LogP contribution in [0.25, 0.3) is 0 Å². The maximum atomic E-state index is 12.1. The summed E-state index contributed by atoms with van der Waals surface area (Å²) in [5, 5.41) is 2.18. The molecule has 0 bridgehead atoms. The Bertz CT molecular complexity index is 680. The highest BCUT2D eigenvalue weighted by Gasteiger charge is 2.17. The summed E-state index contributed by atoms with van der Waals surface area (Å²) >= 11 is 1.26. The standard InChI is InChI=1S/C11H14N4O2S2/c1-7(2)9-6-18-11(14-9)15-19(16,17)8-3-4-13-10(12)5-8/h3-7H,1-2H3,(H2,12,13)(H,14,15). The first kappa shape index (κ1) is 13.8. The van der Waals surface area contributed by atoms with Crippen LogP contribution in [0, 0.1) is 0 Å². The van der Waals surface area contributed by atoms with Gasteiger partial charge in [0.25, 0.3) is 10.0 Å². The number of nitrogen functional groups attached to an aromatic ring is 1. The lowest BCUT2D eigenvalue weighted by Crippen LogP contribution is -2.13. The predicted octanol–water partition coefficient (Wildman–Crippen LogP) is 2.04. The van der Waals surface area contributed by atoms with Crippen molar-refractivity contribution in [3.05, 3.63) is 29.4 Å². The van der Waals surface area contributed by atoms with E-state index in [1.807, 2.05) is 19.2 Å². The van der Waals surface area contributed by atoms with Crippen molar-refractivity contribution >= 4 is 32.3 Å².